The molecule has 2 aromatic rings. The van der Waals surface area contributed by atoms with E-state index in [4.69, 9.17) is 0 Å². The van der Waals surface area contributed by atoms with E-state index < -0.39 is 17.5 Å². The Morgan fingerprint density at radius 3 is 2.57 bits per heavy atom. The highest BCUT2D eigenvalue weighted by Gasteiger charge is 2.24. The highest BCUT2D eigenvalue weighted by atomic mass is 32.1. The second-order valence-corrected chi connectivity index (χ2v) is 6.13. The van der Waals surface area contributed by atoms with Gasteiger partial charge in [0.2, 0.25) is 0 Å². The van der Waals surface area contributed by atoms with E-state index in [9.17, 15) is 13.6 Å². The smallest absolute Gasteiger partial charge is 0.257 e. The number of nitrogens with zero attached hydrogens (tertiary/aromatic N) is 2. The Morgan fingerprint density at radius 2 is 2.00 bits per heavy atom. The highest BCUT2D eigenvalue weighted by Crippen LogP contribution is 2.29. The third-order valence-corrected chi connectivity index (χ3v) is 4.62. The van der Waals surface area contributed by atoms with Crippen LogP contribution in [0.25, 0.3) is 0 Å². The summed E-state index contributed by atoms with van der Waals surface area (Å²) in [6.07, 6.45) is 0. The monoisotopic (exact) mass is 310 g/mol. The molecule has 21 heavy (non-hydrogen) atoms. The molecule has 0 unspecified atom stereocenters. The number of thiazole rings is 1. The molecule has 0 N–H and O–H groups in total. The summed E-state index contributed by atoms with van der Waals surface area (Å²) in [5.74, 6) is -1.91. The minimum atomic E-state index is -0.724. The van der Waals surface area contributed by atoms with E-state index in [0.717, 1.165) is 33.8 Å². The highest BCUT2D eigenvalue weighted by molar-refractivity contribution is 7.11. The molecular weight excluding hydrogens is 294 g/mol. The van der Waals surface area contributed by atoms with Gasteiger partial charge in [-0.3, -0.25) is 4.79 Å². The molecular formula is C15H16F2N2OS. The van der Waals surface area contributed by atoms with Crippen LogP contribution in [0.3, 0.4) is 0 Å². The normalized spacial score (nSPS) is 12.3. The van der Waals surface area contributed by atoms with Crippen LogP contribution in [0.5, 0.6) is 0 Å². The fourth-order valence-corrected chi connectivity index (χ4v) is 3.16. The summed E-state index contributed by atoms with van der Waals surface area (Å²) < 4.78 is 26.9. The van der Waals surface area contributed by atoms with Crippen LogP contribution in [0.4, 0.5) is 8.78 Å². The van der Waals surface area contributed by atoms with Gasteiger partial charge in [0.05, 0.1) is 22.3 Å². The number of aryl methyl sites for hydroxylation is 2. The Labute approximate surface area is 126 Å². The zero-order valence-corrected chi connectivity index (χ0v) is 13.1. The molecule has 6 heteroatoms. The number of rotatable bonds is 3. The number of aromatic nitrogens is 1. The van der Waals surface area contributed by atoms with Gasteiger partial charge in [0.15, 0.2) is 0 Å². The lowest BCUT2D eigenvalue weighted by Gasteiger charge is -2.24. The molecule has 0 bridgehead atoms. The lowest BCUT2D eigenvalue weighted by atomic mass is 10.1. The van der Waals surface area contributed by atoms with Gasteiger partial charge in [0, 0.05) is 11.9 Å². The van der Waals surface area contributed by atoms with Crippen molar-refractivity contribution in [1.29, 1.82) is 0 Å². The van der Waals surface area contributed by atoms with Gasteiger partial charge < -0.3 is 4.90 Å². The van der Waals surface area contributed by atoms with Gasteiger partial charge in [-0.25, -0.2) is 13.8 Å². The summed E-state index contributed by atoms with van der Waals surface area (Å²) >= 11 is 1.50. The van der Waals surface area contributed by atoms with Crippen LogP contribution in [-0.4, -0.2) is 22.8 Å². The lowest BCUT2D eigenvalue weighted by molar-refractivity contribution is 0.0739. The van der Waals surface area contributed by atoms with Crippen LogP contribution in [0, 0.1) is 25.5 Å². The molecule has 0 aliphatic carbocycles. The predicted molar refractivity (Wildman–Crippen MR) is 78.5 cm³/mol. The largest absolute Gasteiger partial charge is 0.334 e. The number of amides is 1. The van der Waals surface area contributed by atoms with Crippen LogP contribution in [0.15, 0.2) is 18.2 Å². The summed E-state index contributed by atoms with van der Waals surface area (Å²) in [4.78, 5) is 19.0. The molecule has 0 radical (unpaired) electrons. The van der Waals surface area contributed by atoms with Crippen molar-refractivity contribution in [3.8, 4) is 0 Å². The van der Waals surface area contributed by atoms with Crippen molar-refractivity contribution in [3.63, 3.8) is 0 Å². The maximum Gasteiger partial charge on any atom is 0.257 e. The average molecular weight is 310 g/mol. The van der Waals surface area contributed by atoms with Crippen LogP contribution in [0.1, 0.15) is 38.9 Å². The Balaban J connectivity index is 2.30. The number of carbonyl (C=O) groups is 1. The molecule has 1 aromatic heterocycles. The summed E-state index contributed by atoms with van der Waals surface area (Å²) in [5, 5.41) is 0.909. The quantitative estimate of drug-likeness (QED) is 0.862. The van der Waals surface area contributed by atoms with Crippen molar-refractivity contribution in [2.45, 2.75) is 26.8 Å². The van der Waals surface area contributed by atoms with Crippen molar-refractivity contribution >= 4 is 17.2 Å². The molecule has 1 aromatic carbocycles. The molecule has 0 aliphatic rings. The van der Waals surface area contributed by atoms with E-state index in [1.165, 1.54) is 16.2 Å². The topological polar surface area (TPSA) is 33.2 Å². The zero-order chi connectivity index (χ0) is 15.7. The summed E-state index contributed by atoms with van der Waals surface area (Å²) in [5.41, 5.74) is 0.590. The van der Waals surface area contributed by atoms with Crippen LogP contribution < -0.4 is 0 Å². The van der Waals surface area contributed by atoms with Crippen molar-refractivity contribution in [3.05, 3.63) is 51.0 Å². The van der Waals surface area contributed by atoms with Crippen molar-refractivity contribution in [2.24, 2.45) is 0 Å². The standard InChI is InChI=1S/C15H16F2N2OS/c1-8-14(21-10(3)18-8)9(2)19(4)15(20)12-7-11(16)5-6-13(12)17/h5-7,9H,1-4H3/t9-/m0/s1. The van der Waals surface area contributed by atoms with Crippen LogP contribution >= 0.6 is 11.3 Å². The predicted octanol–water partition coefficient (Wildman–Crippen LogP) is 3.87. The Bertz CT molecular complexity index is 684. The zero-order valence-electron chi connectivity index (χ0n) is 12.3. The van der Waals surface area contributed by atoms with Gasteiger partial charge in [0.25, 0.3) is 5.91 Å². The maximum atomic E-state index is 13.7. The van der Waals surface area contributed by atoms with E-state index in [1.54, 1.807) is 7.05 Å². The summed E-state index contributed by atoms with van der Waals surface area (Å²) in [6.45, 7) is 5.60. The summed E-state index contributed by atoms with van der Waals surface area (Å²) in [7, 11) is 1.58. The first kappa shape index (κ1) is 15.6. The Morgan fingerprint density at radius 1 is 1.33 bits per heavy atom. The first-order valence-corrected chi connectivity index (χ1v) is 7.29. The number of halogens is 2. The molecule has 2 rings (SSSR count). The number of benzene rings is 1. The minimum absolute atomic E-state index is 0.258. The number of hydrogen-bond acceptors (Lipinski definition) is 3. The molecule has 112 valence electrons. The maximum absolute atomic E-state index is 13.7. The fraction of sp³-hybridized carbons (Fsp3) is 0.333. The van der Waals surface area contributed by atoms with E-state index in [1.807, 2.05) is 20.8 Å². The number of carbonyl (C=O) groups excluding carboxylic acids is 1. The SMILES string of the molecule is Cc1nc(C)c([C@H](C)N(C)C(=O)c2cc(F)ccc2F)s1. The van der Waals surface area contributed by atoms with E-state index in [0.29, 0.717) is 0 Å². The van der Waals surface area contributed by atoms with E-state index in [-0.39, 0.29) is 11.6 Å². The van der Waals surface area contributed by atoms with E-state index >= 15 is 0 Å². The first-order chi connectivity index (χ1) is 9.81. The third kappa shape index (κ3) is 3.10. The summed E-state index contributed by atoms with van der Waals surface area (Å²) in [6, 6.07) is 2.62. The molecule has 0 saturated carbocycles. The molecule has 1 heterocycles. The minimum Gasteiger partial charge on any atom is -0.334 e. The first-order valence-electron chi connectivity index (χ1n) is 6.47. The van der Waals surface area contributed by atoms with Gasteiger partial charge in [-0.1, -0.05) is 0 Å². The van der Waals surface area contributed by atoms with Gasteiger partial charge in [-0.05, 0) is 39.0 Å². The van der Waals surface area contributed by atoms with E-state index in [2.05, 4.69) is 4.98 Å². The van der Waals surface area contributed by atoms with Gasteiger partial charge in [-0.15, -0.1) is 11.3 Å². The van der Waals surface area contributed by atoms with Gasteiger partial charge in [-0.2, -0.15) is 0 Å². The molecule has 1 amide bonds. The van der Waals surface area contributed by atoms with Crippen molar-refractivity contribution in [1.82, 2.24) is 9.88 Å². The number of hydrogen-bond donors (Lipinski definition) is 0. The van der Waals surface area contributed by atoms with Gasteiger partial charge >= 0.3 is 0 Å². The van der Waals surface area contributed by atoms with Crippen LogP contribution in [0.2, 0.25) is 0 Å². The molecule has 0 fully saturated rings. The molecule has 0 spiro atoms. The molecule has 0 aliphatic heterocycles. The molecule has 3 nitrogen and oxygen atoms in total. The Hall–Kier alpha value is -1.82. The molecule has 0 saturated heterocycles. The fourth-order valence-electron chi connectivity index (χ4n) is 2.14. The van der Waals surface area contributed by atoms with Crippen LogP contribution in [-0.2, 0) is 0 Å². The second kappa shape index (κ2) is 5.89. The second-order valence-electron chi connectivity index (χ2n) is 4.90. The van der Waals surface area contributed by atoms with Crippen molar-refractivity contribution in [2.75, 3.05) is 7.05 Å². The van der Waals surface area contributed by atoms with Crippen molar-refractivity contribution < 1.29 is 13.6 Å². The lowest BCUT2D eigenvalue weighted by Crippen LogP contribution is -2.30. The van der Waals surface area contributed by atoms with Gasteiger partial charge in [0.1, 0.15) is 11.6 Å². The third-order valence-electron chi connectivity index (χ3n) is 3.38. The average Bonchev–Trinajstić information content (AvgIpc) is 2.78. The Kier molecular flexibility index (Phi) is 4.37. The molecule has 1 atom stereocenters.